The maximum absolute atomic E-state index is 10.6. The van der Waals surface area contributed by atoms with E-state index in [2.05, 4.69) is 32.9 Å². The predicted molar refractivity (Wildman–Crippen MR) is 87.2 cm³/mol. The van der Waals surface area contributed by atoms with E-state index in [1.807, 2.05) is 20.8 Å². The molecule has 0 saturated carbocycles. The van der Waals surface area contributed by atoms with Crippen LogP contribution in [0.1, 0.15) is 67.2 Å². The molecule has 2 atom stereocenters. The molecule has 21 heavy (non-hydrogen) atoms. The van der Waals surface area contributed by atoms with Crippen LogP contribution in [0, 0.1) is 0 Å². The van der Waals surface area contributed by atoms with Crippen LogP contribution in [-0.4, -0.2) is 29.2 Å². The fourth-order valence-corrected chi connectivity index (χ4v) is 2.46. The lowest BCUT2D eigenvalue weighted by Gasteiger charge is -2.29. The van der Waals surface area contributed by atoms with Crippen LogP contribution < -0.4 is 0 Å². The molecule has 1 aliphatic rings. The summed E-state index contributed by atoms with van der Waals surface area (Å²) in [4.78, 5) is 0. The first-order chi connectivity index (χ1) is 9.62. The highest BCUT2D eigenvalue weighted by Crippen LogP contribution is 2.31. The molecule has 0 bridgehead atoms. The van der Waals surface area contributed by atoms with Crippen LogP contribution in [0.5, 0.6) is 0 Å². The van der Waals surface area contributed by atoms with Gasteiger partial charge in [0.05, 0.1) is 12.2 Å². The highest BCUT2D eigenvalue weighted by Gasteiger charge is 2.42. The summed E-state index contributed by atoms with van der Waals surface area (Å²) in [7, 11) is 0. The van der Waals surface area contributed by atoms with Crippen LogP contribution in [0.4, 0.5) is 0 Å². The van der Waals surface area contributed by atoms with Gasteiger partial charge in [-0.25, -0.2) is 0 Å². The molecule has 2 unspecified atom stereocenters. The van der Waals surface area contributed by atoms with E-state index in [4.69, 9.17) is 9.47 Å². The molecule has 1 N–H and O–H groups in total. The summed E-state index contributed by atoms with van der Waals surface area (Å²) < 4.78 is 11.3. The van der Waals surface area contributed by atoms with Crippen molar-refractivity contribution < 1.29 is 14.6 Å². The quantitative estimate of drug-likeness (QED) is 0.709. The summed E-state index contributed by atoms with van der Waals surface area (Å²) in [6, 6.07) is 0. The Bertz CT molecular complexity index is 387. The first-order valence-electron chi connectivity index (χ1n) is 7.95. The first-order valence-corrected chi connectivity index (χ1v) is 7.95. The number of aliphatic hydroxyl groups is 1. The number of ether oxygens (including phenoxy) is 2. The van der Waals surface area contributed by atoms with Gasteiger partial charge in [0.1, 0.15) is 6.10 Å². The van der Waals surface area contributed by atoms with Gasteiger partial charge < -0.3 is 14.6 Å². The summed E-state index contributed by atoms with van der Waals surface area (Å²) >= 11 is 0. The van der Waals surface area contributed by atoms with Gasteiger partial charge in [0, 0.05) is 0 Å². The molecule has 3 nitrogen and oxygen atoms in total. The molecule has 122 valence electrons. The van der Waals surface area contributed by atoms with Gasteiger partial charge in [-0.05, 0) is 67.2 Å². The largest absolute Gasteiger partial charge is 0.387 e. The molecule has 1 fully saturated rings. The molecule has 3 heteroatoms. The standard InChI is InChI=1S/C18H32O3/c1-14(2)9-7-10-15(3)11-8-12-18(6,19)16-13-20-17(4,5)21-16/h9,11,16,19H,7-8,10,12-13H2,1-6H3. The van der Waals surface area contributed by atoms with Crippen LogP contribution in [0.3, 0.4) is 0 Å². The van der Waals surface area contributed by atoms with E-state index >= 15 is 0 Å². The first kappa shape index (κ1) is 18.4. The zero-order chi connectivity index (χ0) is 16.1. The van der Waals surface area contributed by atoms with Crippen LogP contribution >= 0.6 is 0 Å². The van der Waals surface area contributed by atoms with Gasteiger partial charge >= 0.3 is 0 Å². The Morgan fingerprint density at radius 1 is 1.24 bits per heavy atom. The molecule has 1 heterocycles. The normalized spacial score (nSPS) is 24.7. The fourth-order valence-electron chi connectivity index (χ4n) is 2.46. The molecule has 0 aromatic heterocycles. The molecular formula is C18H32O3. The number of hydrogen-bond acceptors (Lipinski definition) is 3. The van der Waals surface area contributed by atoms with E-state index in [0.717, 1.165) is 19.3 Å². The second-order valence-electron chi connectivity index (χ2n) is 7.08. The second-order valence-corrected chi connectivity index (χ2v) is 7.08. The Morgan fingerprint density at radius 3 is 2.43 bits per heavy atom. The Hall–Kier alpha value is -0.640. The number of allylic oxidation sites excluding steroid dienone is 4. The zero-order valence-electron chi connectivity index (χ0n) is 14.5. The van der Waals surface area contributed by atoms with Gasteiger partial charge in [0.15, 0.2) is 5.79 Å². The van der Waals surface area contributed by atoms with E-state index in [0.29, 0.717) is 13.0 Å². The number of rotatable bonds is 7. The third kappa shape index (κ3) is 6.77. The predicted octanol–water partition coefficient (Wildman–Crippen LogP) is 4.36. The van der Waals surface area contributed by atoms with Gasteiger partial charge in [-0.2, -0.15) is 0 Å². The zero-order valence-corrected chi connectivity index (χ0v) is 14.5. The van der Waals surface area contributed by atoms with E-state index < -0.39 is 11.4 Å². The number of hydrogen-bond donors (Lipinski definition) is 1. The minimum atomic E-state index is -0.843. The van der Waals surface area contributed by atoms with Crippen molar-refractivity contribution in [3.63, 3.8) is 0 Å². The van der Waals surface area contributed by atoms with Crippen LogP contribution in [0.15, 0.2) is 23.3 Å². The van der Waals surface area contributed by atoms with Gasteiger partial charge in [-0.1, -0.05) is 23.3 Å². The van der Waals surface area contributed by atoms with Crippen molar-refractivity contribution in [1.82, 2.24) is 0 Å². The molecule has 0 radical (unpaired) electrons. The van der Waals surface area contributed by atoms with E-state index in [1.54, 1.807) is 0 Å². The van der Waals surface area contributed by atoms with Crippen LogP contribution in [-0.2, 0) is 9.47 Å². The lowest BCUT2D eigenvalue weighted by molar-refractivity contribution is -0.167. The SMILES string of the molecule is CC(C)=CCCC(C)=CCCC(C)(O)C1COC(C)(C)O1. The van der Waals surface area contributed by atoms with Crippen molar-refractivity contribution in [2.45, 2.75) is 84.7 Å². The Labute approximate surface area is 130 Å². The van der Waals surface area contributed by atoms with Gasteiger partial charge in [0.25, 0.3) is 0 Å². The maximum atomic E-state index is 10.6. The lowest BCUT2D eigenvalue weighted by atomic mass is 9.93. The lowest BCUT2D eigenvalue weighted by Crippen LogP contribution is -2.41. The van der Waals surface area contributed by atoms with Gasteiger partial charge in [0.2, 0.25) is 0 Å². The van der Waals surface area contributed by atoms with Crippen molar-refractivity contribution in [1.29, 1.82) is 0 Å². The van der Waals surface area contributed by atoms with Crippen LogP contribution in [0.25, 0.3) is 0 Å². The third-order valence-corrected chi connectivity index (χ3v) is 3.94. The van der Waals surface area contributed by atoms with Crippen molar-refractivity contribution in [2.24, 2.45) is 0 Å². The minimum Gasteiger partial charge on any atom is -0.387 e. The average Bonchev–Trinajstić information content (AvgIpc) is 2.69. The highest BCUT2D eigenvalue weighted by atomic mass is 16.7. The summed E-state index contributed by atoms with van der Waals surface area (Å²) in [6.45, 7) is 12.5. The molecule has 1 saturated heterocycles. The molecule has 0 aromatic carbocycles. The highest BCUT2D eigenvalue weighted by molar-refractivity contribution is 5.03. The summed E-state index contributed by atoms with van der Waals surface area (Å²) in [5.41, 5.74) is 1.91. The van der Waals surface area contributed by atoms with E-state index in [9.17, 15) is 5.11 Å². The third-order valence-electron chi connectivity index (χ3n) is 3.94. The van der Waals surface area contributed by atoms with Crippen LogP contribution in [0.2, 0.25) is 0 Å². The molecule has 0 amide bonds. The molecular weight excluding hydrogens is 264 g/mol. The Balaban J connectivity index is 2.38. The van der Waals surface area contributed by atoms with Gasteiger partial charge in [-0.3, -0.25) is 0 Å². The van der Waals surface area contributed by atoms with Crippen molar-refractivity contribution in [2.75, 3.05) is 6.61 Å². The van der Waals surface area contributed by atoms with Gasteiger partial charge in [-0.15, -0.1) is 0 Å². The summed E-state index contributed by atoms with van der Waals surface area (Å²) in [5.74, 6) is -0.579. The van der Waals surface area contributed by atoms with E-state index in [-0.39, 0.29) is 6.10 Å². The van der Waals surface area contributed by atoms with Crippen molar-refractivity contribution >= 4 is 0 Å². The molecule has 0 aromatic rings. The van der Waals surface area contributed by atoms with E-state index in [1.165, 1.54) is 11.1 Å². The maximum Gasteiger partial charge on any atom is 0.163 e. The minimum absolute atomic E-state index is 0.244. The fraction of sp³-hybridized carbons (Fsp3) is 0.778. The second kappa shape index (κ2) is 7.57. The van der Waals surface area contributed by atoms with Crippen molar-refractivity contribution in [3.8, 4) is 0 Å². The molecule has 1 aliphatic heterocycles. The smallest absolute Gasteiger partial charge is 0.163 e. The Morgan fingerprint density at radius 2 is 1.90 bits per heavy atom. The average molecular weight is 296 g/mol. The topological polar surface area (TPSA) is 38.7 Å². The molecule has 0 spiro atoms. The Kier molecular flexibility index (Phi) is 6.64. The van der Waals surface area contributed by atoms with Crippen molar-refractivity contribution in [3.05, 3.63) is 23.3 Å². The summed E-state index contributed by atoms with van der Waals surface area (Å²) in [5, 5.41) is 10.6. The molecule has 0 aliphatic carbocycles. The summed E-state index contributed by atoms with van der Waals surface area (Å²) in [6.07, 6.45) is 7.99. The monoisotopic (exact) mass is 296 g/mol. The molecule has 1 rings (SSSR count).